The van der Waals surface area contributed by atoms with Crippen LogP contribution in [0.15, 0.2) is 47.4 Å². The van der Waals surface area contributed by atoms with Gasteiger partial charge in [0.15, 0.2) is 6.10 Å². The van der Waals surface area contributed by atoms with Gasteiger partial charge in [-0.25, -0.2) is 8.42 Å². The van der Waals surface area contributed by atoms with E-state index in [4.69, 9.17) is 18.9 Å². The van der Waals surface area contributed by atoms with Gasteiger partial charge in [0.05, 0.1) is 38.0 Å². The summed E-state index contributed by atoms with van der Waals surface area (Å²) >= 11 is 0. The average molecular weight is 465 g/mol. The number of methoxy groups -OCH3 is 2. The topological polar surface area (TPSA) is 103 Å². The number of sulfonamides is 1. The van der Waals surface area contributed by atoms with Crippen molar-refractivity contribution in [2.24, 2.45) is 0 Å². The van der Waals surface area contributed by atoms with Gasteiger partial charge in [0.1, 0.15) is 17.2 Å². The maximum atomic E-state index is 13.0. The van der Waals surface area contributed by atoms with Crippen LogP contribution in [0.5, 0.6) is 17.2 Å². The zero-order valence-corrected chi connectivity index (χ0v) is 19.2. The molecule has 0 aromatic heterocycles. The molecule has 9 nitrogen and oxygen atoms in total. The molecule has 1 fully saturated rings. The molecule has 1 aliphatic heterocycles. The molecule has 0 radical (unpaired) electrons. The van der Waals surface area contributed by atoms with Crippen molar-refractivity contribution >= 4 is 21.6 Å². The lowest BCUT2D eigenvalue weighted by molar-refractivity contribution is -0.122. The maximum absolute atomic E-state index is 13.0. The van der Waals surface area contributed by atoms with Crippen molar-refractivity contribution in [1.29, 1.82) is 0 Å². The van der Waals surface area contributed by atoms with Gasteiger partial charge in [-0.05, 0) is 36.8 Å². The number of hydrogen-bond donors (Lipinski definition) is 1. The number of carbonyl (C=O) groups is 1. The molecule has 0 unspecified atom stereocenters. The second-order valence-electron chi connectivity index (χ2n) is 7.06. The van der Waals surface area contributed by atoms with E-state index < -0.39 is 22.0 Å². The summed E-state index contributed by atoms with van der Waals surface area (Å²) in [6, 6.07) is 11.3. The Morgan fingerprint density at radius 2 is 1.81 bits per heavy atom. The second kappa shape index (κ2) is 10.7. The molecule has 0 saturated carbocycles. The molecule has 1 saturated heterocycles. The van der Waals surface area contributed by atoms with Crippen LogP contribution in [0.3, 0.4) is 0 Å². The Hall–Kier alpha value is -2.82. The highest BCUT2D eigenvalue weighted by Crippen LogP contribution is 2.30. The van der Waals surface area contributed by atoms with Crippen LogP contribution in [0.1, 0.15) is 13.3 Å². The molecule has 10 heteroatoms. The third kappa shape index (κ3) is 5.50. The van der Waals surface area contributed by atoms with Gasteiger partial charge in [-0.3, -0.25) is 4.79 Å². The van der Waals surface area contributed by atoms with Crippen molar-refractivity contribution in [1.82, 2.24) is 4.31 Å². The van der Waals surface area contributed by atoms with Crippen LogP contribution >= 0.6 is 0 Å². The minimum absolute atomic E-state index is 0.0669. The molecule has 0 aliphatic carbocycles. The van der Waals surface area contributed by atoms with Crippen molar-refractivity contribution < 1.29 is 32.2 Å². The van der Waals surface area contributed by atoms with E-state index in [1.54, 1.807) is 31.4 Å². The number of hydrogen-bond acceptors (Lipinski definition) is 7. The van der Waals surface area contributed by atoms with Crippen LogP contribution < -0.4 is 19.5 Å². The number of amides is 1. The number of benzene rings is 2. The van der Waals surface area contributed by atoms with Crippen molar-refractivity contribution in [2.75, 3.05) is 45.8 Å². The fourth-order valence-corrected chi connectivity index (χ4v) is 4.69. The second-order valence-corrected chi connectivity index (χ2v) is 9.00. The summed E-state index contributed by atoms with van der Waals surface area (Å²) in [5.41, 5.74) is 0.250. The van der Waals surface area contributed by atoms with E-state index in [1.165, 1.54) is 29.6 Å². The Kier molecular flexibility index (Phi) is 7.94. The molecular weight excluding hydrogens is 436 g/mol. The number of ether oxygens (including phenoxy) is 4. The molecule has 174 valence electrons. The number of carbonyl (C=O) groups excluding carboxylic acids is 1. The number of nitrogens with zero attached hydrogens (tertiary/aromatic N) is 1. The molecule has 2 aromatic rings. The molecule has 1 atom stereocenters. The van der Waals surface area contributed by atoms with Crippen LogP contribution in [0.2, 0.25) is 0 Å². The molecule has 0 spiro atoms. The lowest BCUT2D eigenvalue weighted by atomic mass is 10.2. The summed E-state index contributed by atoms with van der Waals surface area (Å²) < 4.78 is 48.9. The number of rotatable bonds is 9. The first kappa shape index (κ1) is 23.8. The van der Waals surface area contributed by atoms with Gasteiger partial charge in [-0.15, -0.1) is 0 Å². The quantitative estimate of drug-likeness (QED) is 0.608. The summed E-state index contributed by atoms with van der Waals surface area (Å²) in [6.45, 7) is 3.07. The normalized spacial score (nSPS) is 15.6. The molecule has 2 aromatic carbocycles. The predicted octanol–water partition coefficient (Wildman–Crippen LogP) is 2.52. The van der Waals surface area contributed by atoms with E-state index in [9.17, 15) is 13.2 Å². The van der Waals surface area contributed by atoms with E-state index in [2.05, 4.69) is 5.32 Å². The van der Waals surface area contributed by atoms with Gasteiger partial charge in [-0.2, -0.15) is 4.31 Å². The van der Waals surface area contributed by atoms with Crippen molar-refractivity contribution in [3.63, 3.8) is 0 Å². The van der Waals surface area contributed by atoms with E-state index in [0.29, 0.717) is 36.9 Å². The van der Waals surface area contributed by atoms with Crippen LogP contribution in [0, 0.1) is 0 Å². The highest BCUT2D eigenvalue weighted by Gasteiger charge is 2.28. The zero-order valence-electron chi connectivity index (χ0n) is 18.4. The summed E-state index contributed by atoms with van der Waals surface area (Å²) in [7, 11) is -0.727. The zero-order chi connectivity index (χ0) is 23.1. The molecule has 1 N–H and O–H groups in total. The lowest BCUT2D eigenvalue weighted by Gasteiger charge is -2.26. The number of anilines is 1. The van der Waals surface area contributed by atoms with Gasteiger partial charge in [0.25, 0.3) is 5.91 Å². The monoisotopic (exact) mass is 464 g/mol. The Morgan fingerprint density at radius 1 is 1.09 bits per heavy atom. The Bertz CT molecular complexity index is 1040. The van der Waals surface area contributed by atoms with Crippen LogP contribution in [-0.4, -0.2) is 65.3 Å². The molecule has 0 bridgehead atoms. The minimum atomic E-state index is -3.73. The van der Waals surface area contributed by atoms with Crippen molar-refractivity contribution in [2.45, 2.75) is 24.3 Å². The molecule has 3 rings (SSSR count). The SMILES string of the molecule is CC[C@H](Oc1cccc(OC)c1)C(=O)Nc1cc(S(=O)(=O)N2CCOCC2)ccc1OC. The molecular formula is C22H28N2O7S. The van der Waals surface area contributed by atoms with Crippen LogP contribution in [0.25, 0.3) is 0 Å². The smallest absolute Gasteiger partial charge is 0.265 e. The Labute approximate surface area is 188 Å². The first-order valence-corrected chi connectivity index (χ1v) is 11.7. The summed E-state index contributed by atoms with van der Waals surface area (Å²) in [5, 5.41) is 2.75. The average Bonchev–Trinajstić information content (AvgIpc) is 2.83. The third-order valence-electron chi connectivity index (χ3n) is 5.02. The van der Waals surface area contributed by atoms with Gasteiger partial charge in [0, 0.05) is 19.2 Å². The van der Waals surface area contributed by atoms with Gasteiger partial charge >= 0.3 is 0 Å². The van der Waals surface area contributed by atoms with Gasteiger partial charge < -0.3 is 24.3 Å². The van der Waals surface area contributed by atoms with Gasteiger partial charge in [-0.1, -0.05) is 13.0 Å². The van der Waals surface area contributed by atoms with Crippen LogP contribution in [-0.2, 0) is 19.6 Å². The summed E-state index contributed by atoms with van der Waals surface area (Å²) in [6.07, 6.45) is -0.400. The van der Waals surface area contributed by atoms with Crippen molar-refractivity contribution in [3.8, 4) is 17.2 Å². The fourth-order valence-electron chi connectivity index (χ4n) is 3.26. The van der Waals surface area contributed by atoms with Gasteiger partial charge in [0.2, 0.25) is 10.0 Å². The third-order valence-corrected chi connectivity index (χ3v) is 6.91. The van der Waals surface area contributed by atoms with E-state index in [0.717, 1.165) is 0 Å². The highest BCUT2D eigenvalue weighted by atomic mass is 32.2. The Morgan fingerprint density at radius 3 is 2.47 bits per heavy atom. The van der Waals surface area contributed by atoms with Crippen LogP contribution in [0.4, 0.5) is 5.69 Å². The van der Waals surface area contributed by atoms with E-state index in [-0.39, 0.29) is 23.7 Å². The van der Waals surface area contributed by atoms with E-state index in [1.807, 2.05) is 6.92 Å². The number of morpholine rings is 1. The molecule has 1 heterocycles. The first-order valence-electron chi connectivity index (χ1n) is 10.3. The van der Waals surface area contributed by atoms with E-state index >= 15 is 0 Å². The summed E-state index contributed by atoms with van der Waals surface area (Å²) in [4.78, 5) is 13.0. The Balaban J connectivity index is 1.81. The first-order chi connectivity index (χ1) is 15.4. The van der Waals surface area contributed by atoms with Crippen molar-refractivity contribution in [3.05, 3.63) is 42.5 Å². The summed E-state index contributed by atoms with van der Waals surface area (Å²) in [5.74, 6) is 1.02. The lowest BCUT2D eigenvalue weighted by Crippen LogP contribution is -2.40. The predicted molar refractivity (Wildman–Crippen MR) is 119 cm³/mol. The largest absolute Gasteiger partial charge is 0.497 e. The maximum Gasteiger partial charge on any atom is 0.265 e. The molecule has 32 heavy (non-hydrogen) atoms. The fraction of sp³-hybridized carbons (Fsp3) is 0.409. The molecule has 1 amide bonds. The standard InChI is InChI=1S/C22H28N2O7S/c1-4-20(31-17-7-5-6-16(14-17)28-2)22(25)23-19-15-18(8-9-21(19)29-3)32(26,27)24-10-12-30-13-11-24/h5-9,14-15,20H,4,10-13H2,1-3H3,(H,23,25)/t20-/m0/s1. The minimum Gasteiger partial charge on any atom is -0.497 e. The molecule has 1 aliphatic rings. The highest BCUT2D eigenvalue weighted by molar-refractivity contribution is 7.89. The number of nitrogens with one attached hydrogen (secondary N) is 1.